The maximum Gasteiger partial charge on any atom is 0.309 e. The van der Waals surface area contributed by atoms with E-state index in [4.69, 9.17) is 0 Å². The molecule has 0 aliphatic carbocycles. The van der Waals surface area contributed by atoms with Gasteiger partial charge in [0.1, 0.15) is 0 Å². The molecule has 0 unspecified atom stereocenters. The summed E-state index contributed by atoms with van der Waals surface area (Å²) in [6.07, 6.45) is 0.514. The van der Waals surface area contributed by atoms with Crippen LogP contribution in [0.3, 0.4) is 0 Å². The van der Waals surface area contributed by atoms with E-state index in [1.807, 2.05) is 25.2 Å². The second-order valence-electron chi connectivity index (χ2n) is 5.23. The van der Waals surface area contributed by atoms with Gasteiger partial charge in [-0.25, -0.2) is 0 Å². The van der Waals surface area contributed by atoms with Crippen molar-refractivity contribution in [1.82, 2.24) is 4.57 Å². The normalized spacial score (nSPS) is 12.0. The van der Waals surface area contributed by atoms with Crippen LogP contribution in [-0.4, -0.2) is 15.6 Å². The van der Waals surface area contributed by atoms with E-state index in [1.54, 1.807) is 13.8 Å². The quantitative estimate of drug-likeness (QED) is 0.941. The zero-order chi connectivity index (χ0) is 13.5. The largest absolute Gasteiger partial charge is 0.481 e. The molecule has 4 heteroatoms. The van der Waals surface area contributed by atoms with E-state index in [0.717, 1.165) is 21.1 Å². The zero-order valence-electron chi connectivity index (χ0n) is 10.7. The van der Waals surface area contributed by atoms with Crippen molar-refractivity contribution >= 4 is 32.8 Å². The van der Waals surface area contributed by atoms with Crippen LogP contribution in [0.1, 0.15) is 19.5 Å². The molecule has 3 nitrogen and oxygen atoms in total. The Morgan fingerprint density at radius 1 is 1.44 bits per heavy atom. The highest BCUT2D eigenvalue weighted by atomic mass is 79.9. The van der Waals surface area contributed by atoms with Crippen molar-refractivity contribution in [2.24, 2.45) is 12.5 Å². The molecule has 96 valence electrons. The molecule has 0 spiro atoms. The van der Waals surface area contributed by atoms with Gasteiger partial charge < -0.3 is 9.67 Å². The third kappa shape index (κ3) is 2.17. The summed E-state index contributed by atoms with van der Waals surface area (Å²) < 4.78 is 3.10. The summed E-state index contributed by atoms with van der Waals surface area (Å²) >= 11 is 3.52. The standard InChI is InChI=1S/C14H16BrNO2/c1-14(2,13(17)18)8-9-7-10-11(15)5-4-6-12(10)16(9)3/h4-7H,8H2,1-3H3,(H,17,18). The number of hydrogen-bond acceptors (Lipinski definition) is 1. The molecule has 0 radical (unpaired) electrons. The number of fused-ring (bicyclic) bond motifs is 1. The fourth-order valence-electron chi connectivity index (χ4n) is 2.08. The Hall–Kier alpha value is -1.29. The third-order valence-electron chi connectivity index (χ3n) is 3.34. The summed E-state index contributed by atoms with van der Waals surface area (Å²) in [5, 5.41) is 10.3. The van der Waals surface area contributed by atoms with E-state index in [-0.39, 0.29) is 0 Å². The zero-order valence-corrected chi connectivity index (χ0v) is 12.3. The third-order valence-corrected chi connectivity index (χ3v) is 4.03. The Morgan fingerprint density at radius 2 is 2.11 bits per heavy atom. The van der Waals surface area contributed by atoms with Crippen molar-refractivity contribution < 1.29 is 9.90 Å². The first-order valence-electron chi connectivity index (χ1n) is 5.79. The second kappa shape index (κ2) is 4.43. The average molecular weight is 310 g/mol. The van der Waals surface area contributed by atoms with Gasteiger partial charge in [-0.1, -0.05) is 22.0 Å². The van der Waals surface area contributed by atoms with Gasteiger partial charge in [-0.05, 0) is 32.0 Å². The maximum atomic E-state index is 11.2. The SMILES string of the molecule is Cn1c(CC(C)(C)C(=O)O)cc2c(Br)cccc21. The Morgan fingerprint density at radius 3 is 2.67 bits per heavy atom. The summed E-state index contributed by atoms with van der Waals surface area (Å²) in [5.41, 5.74) is 1.39. The van der Waals surface area contributed by atoms with Crippen LogP contribution in [0, 0.1) is 5.41 Å². The number of rotatable bonds is 3. The van der Waals surface area contributed by atoms with Gasteiger partial charge in [0.25, 0.3) is 0 Å². The Bertz CT molecular complexity index is 614. The van der Waals surface area contributed by atoms with Crippen LogP contribution < -0.4 is 0 Å². The first kappa shape index (κ1) is 13.1. The second-order valence-corrected chi connectivity index (χ2v) is 6.09. The van der Waals surface area contributed by atoms with Crippen LogP contribution in [-0.2, 0) is 18.3 Å². The van der Waals surface area contributed by atoms with Gasteiger partial charge in [0.2, 0.25) is 0 Å². The van der Waals surface area contributed by atoms with Crippen molar-refractivity contribution in [3.8, 4) is 0 Å². The number of aromatic nitrogens is 1. The van der Waals surface area contributed by atoms with Crippen LogP contribution in [0.25, 0.3) is 10.9 Å². The first-order valence-corrected chi connectivity index (χ1v) is 6.58. The number of carboxylic acids is 1. The Balaban J connectivity index is 2.50. The smallest absolute Gasteiger partial charge is 0.309 e. The van der Waals surface area contributed by atoms with Crippen LogP contribution in [0.4, 0.5) is 0 Å². The predicted octanol–water partition coefficient (Wildman–Crippen LogP) is 3.59. The first-order chi connectivity index (χ1) is 8.33. The predicted molar refractivity (Wildman–Crippen MR) is 75.7 cm³/mol. The molecule has 0 aliphatic heterocycles. The van der Waals surface area contributed by atoms with E-state index in [1.165, 1.54) is 0 Å². The summed E-state index contributed by atoms with van der Waals surface area (Å²) in [6, 6.07) is 8.08. The summed E-state index contributed by atoms with van der Waals surface area (Å²) in [6.45, 7) is 3.50. The minimum Gasteiger partial charge on any atom is -0.481 e. The molecule has 0 aliphatic rings. The number of hydrogen-bond donors (Lipinski definition) is 1. The highest BCUT2D eigenvalue weighted by Gasteiger charge is 2.28. The minimum atomic E-state index is -0.771. The molecule has 18 heavy (non-hydrogen) atoms. The Labute approximate surface area is 115 Å². The minimum absolute atomic E-state index is 0.514. The molecule has 1 heterocycles. The van der Waals surface area contributed by atoms with E-state index >= 15 is 0 Å². The van der Waals surface area contributed by atoms with Crippen molar-refractivity contribution in [2.45, 2.75) is 20.3 Å². The molecule has 0 saturated heterocycles. The lowest BCUT2D eigenvalue weighted by molar-refractivity contribution is -0.146. The highest BCUT2D eigenvalue weighted by Crippen LogP contribution is 2.30. The lowest BCUT2D eigenvalue weighted by Gasteiger charge is -2.19. The Kier molecular flexibility index (Phi) is 3.23. The van der Waals surface area contributed by atoms with Crippen LogP contribution in [0.15, 0.2) is 28.7 Å². The molecule has 2 aromatic rings. The highest BCUT2D eigenvalue weighted by molar-refractivity contribution is 9.10. The monoisotopic (exact) mass is 309 g/mol. The molecular formula is C14H16BrNO2. The molecule has 0 amide bonds. The number of aryl methyl sites for hydroxylation is 1. The molecule has 1 aromatic carbocycles. The molecule has 1 N–H and O–H groups in total. The summed E-state index contributed by atoms with van der Waals surface area (Å²) in [7, 11) is 1.97. The molecule has 0 bridgehead atoms. The fourth-order valence-corrected chi connectivity index (χ4v) is 2.55. The van der Waals surface area contributed by atoms with Gasteiger partial charge in [0.05, 0.1) is 5.41 Å². The lowest BCUT2D eigenvalue weighted by atomic mass is 9.88. The molecule has 0 atom stereocenters. The number of carbonyl (C=O) groups is 1. The van der Waals surface area contributed by atoms with Crippen LogP contribution in [0.2, 0.25) is 0 Å². The van der Waals surface area contributed by atoms with E-state index in [9.17, 15) is 9.90 Å². The van der Waals surface area contributed by atoms with E-state index in [0.29, 0.717) is 6.42 Å². The fraction of sp³-hybridized carbons (Fsp3) is 0.357. The number of benzene rings is 1. The number of nitrogens with zero attached hydrogens (tertiary/aromatic N) is 1. The van der Waals surface area contributed by atoms with Gasteiger partial charge in [0.15, 0.2) is 0 Å². The topological polar surface area (TPSA) is 42.2 Å². The van der Waals surface area contributed by atoms with Gasteiger partial charge in [-0.15, -0.1) is 0 Å². The average Bonchev–Trinajstić information content (AvgIpc) is 2.58. The maximum absolute atomic E-state index is 11.2. The van der Waals surface area contributed by atoms with Crippen LogP contribution in [0.5, 0.6) is 0 Å². The van der Waals surface area contributed by atoms with E-state index in [2.05, 4.69) is 26.6 Å². The summed E-state index contributed by atoms with van der Waals surface area (Å²) in [5.74, 6) is -0.771. The van der Waals surface area contributed by atoms with Gasteiger partial charge >= 0.3 is 5.97 Å². The van der Waals surface area contributed by atoms with Gasteiger partial charge in [-0.2, -0.15) is 0 Å². The number of aliphatic carboxylic acids is 1. The molecular weight excluding hydrogens is 294 g/mol. The van der Waals surface area contributed by atoms with E-state index < -0.39 is 11.4 Å². The summed E-state index contributed by atoms with van der Waals surface area (Å²) in [4.78, 5) is 11.2. The lowest BCUT2D eigenvalue weighted by Crippen LogP contribution is -2.27. The van der Waals surface area contributed by atoms with Crippen molar-refractivity contribution in [2.75, 3.05) is 0 Å². The number of carboxylic acid groups (broad SMARTS) is 1. The van der Waals surface area contributed by atoms with Gasteiger partial charge in [0, 0.05) is 34.5 Å². The molecule has 0 saturated carbocycles. The van der Waals surface area contributed by atoms with Crippen molar-refractivity contribution in [3.63, 3.8) is 0 Å². The molecule has 0 fully saturated rings. The van der Waals surface area contributed by atoms with Crippen LogP contribution >= 0.6 is 15.9 Å². The van der Waals surface area contributed by atoms with Crippen molar-refractivity contribution in [3.05, 3.63) is 34.4 Å². The molecule has 2 rings (SSSR count). The molecule has 1 aromatic heterocycles. The van der Waals surface area contributed by atoms with Crippen molar-refractivity contribution in [1.29, 1.82) is 0 Å². The number of halogens is 1. The van der Waals surface area contributed by atoms with Gasteiger partial charge in [-0.3, -0.25) is 4.79 Å².